The summed E-state index contributed by atoms with van der Waals surface area (Å²) < 4.78 is 15.4. The van der Waals surface area contributed by atoms with E-state index in [4.69, 9.17) is 4.74 Å². The Hall–Kier alpha value is 4.16. The molecule has 0 N–H and O–H groups in total. The molecule has 2 aromatic rings. The number of benzene rings is 2. The average Bonchev–Trinajstić information content (AvgIpc) is 2.68. The van der Waals surface area contributed by atoms with Gasteiger partial charge in [0.1, 0.15) is 0 Å². The first-order valence-electron chi connectivity index (χ1n) is 7.30. The Bertz CT molecular complexity index is 811. The van der Waals surface area contributed by atoms with Gasteiger partial charge >= 0.3 is 0 Å². The van der Waals surface area contributed by atoms with E-state index in [1.54, 1.807) is 0 Å². The smallest absolute Gasteiger partial charge is 0.0652 e. The van der Waals surface area contributed by atoms with Gasteiger partial charge in [-0.05, 0) is 170 Å². The van der Waals surface area contributed by atoms with Crippen LogP contribution in [0.3, 0.4) is 0 Å². The van der Waals surface area contributed by atoms with Crippen LogP contribution in [0.4, 0.5) is 0 Å². The maximum Gasteiger partial charge on any atom is 0.0652 e. The van der Waals surface area contributed by atoms with Crippen LogP contribution in [0.15, 0.2) is 44.7 Å². The normalized spacial score (nSPS) is 13.7. The second-order valence-corrected chi connectivity index (χ2v) is 15.6. The molecule has 0 heterocycles. The quantitative estimate of drug-likeness (QED) is 0.159. The van der Waals surface area contributed by atoms with Crippen LogP contribution >= 0.6 is 191 Å². The number of rotatable bonds is 6. The van der Waals surface area contributed by atoms with Gasteiger partial charge in [0.25, 0.3) is 0 Å². The fraction of sp³-hybridized carbons (Fsp3) is 0.250. The molecule has 0 aliphatic heterocycles. The third kappa shape index (κ3) is 6.68. The average molecular weight is 1170 g/mol. The lowest BCUT2D eigenvalue weighted by Crippen LogP contribution is -2.09. The SMILES string of the molecule is Brc1c(Br)c(Br)c(C(Br)COCC(Br)c2c(Br)c(Br)c(Br)c(Br)c2Br)c(Br)c1Br. The second-order valence-electron chi connectivity index (χ2n) is 5.44. The Labute approximate surface area is 269 Å². The molecule has 0 amide bonds. The first-order valence-corrected chi connectivity index (χ1v) is 17.1. The third-order valence-electron chi connectivity index (χ3n) is 3.64. The number of halogens is 12. The van der Waals surface area contributed by atoms with Crippen molar-refractivity contribution in [2.45, 2.75) is 9.65 Å². The summed E-state index contributed by atoms with van der Waals surface area (Å²) in [4.78, 5) is -0.0520. The van der Waals surface area contributed by atoms with Gasteiger partial charge in [0, 0.05) is 44.7 Å². The lowest BCUT2D eigenvalue weighted by atomic mass is 10.1. The number of ether oxygens (including phenoxy) is 1. The van der Waals surface area contributed by atoms with E-state index in [-0.39, 0.29) is 9.65 Å². The predicted molar refractivity (Wildman–Crippen MR) is 164 cm³/mol. The molecule has 0 spiro atoms. The highest BCUT2D eigenvalue weighted by Gasteiger charge is 2.25. The molecule has 0 fully saturated rings. The van der Waals surface area contributed by atoms with E-state index in [1.807, 2.05) is 0 Å². The molecule has 2 rings (SSSR count). The lowest BCUT2D eigenvalue weighted by Gasteiger charge is -2.21. The van der Waals surface area contributed by atoms with Crippen molar-refractivity contribution in [3.63, 3.8) is 0 Å². The summed E-state index contributed by atoms with van der Waals surface area (Å²) in [6.07, 6.45) is 0. The van der Waals surface area contributed by atoms with Gasteiger partial charge < -0.3 is 4.74 Å². The Balaban J connectivity index is 2.18. The van der Waals surface area contributed by atoms with Gasteiger partial charge in [0.05, 0.1) is 22.9 Å². The summed E-state index contributed by atoms with van der Waals surface area (Å²) in [5.74, 6) is 0. The van der Waals surface area contributed by atoms with Gasteiger partial charge in [0.2, 0.25) is 0 Å². The van der Waals surface area contributed by atoms with Crippen LogP contribution < -0.4 is 0 Å². The van der Waals surface area contributed by atoms with Crippen LogP contribution in [0.1, 0.15) is 20.8 Å². The molecule has 0 aliphatic carbocycles. The molecule has 2 unspecified atom stereocenters. The van der Waals surface area contributed by atoms with E-state index in [9.17, 15) is 0 Å². The number of hydrogen-bond acceptors (Lipinski definition) is 1. The molecular formula is C16H6Br12O. The van der Waals surface area contributed by atoms with E-state index in [2.05, 4.69) is 191 Å². The van der Waals surface area contributed by atoms with Gasteiger partial charge in [0.15, 0.2) is 0 Å². The first-order chi connectivity index (χ1) is 13.4. The van der Waals surface area contributed by atoms with Crippen molar-refractivity contribution in [3.05, 3.63) is 55.9 Å². The van der Waals surface area contributed by atoms with E-state index >= 15 is 0 Å². The predicted octanol–water partition coefficient (Wildman–Crippen LogP) is 12.9. The maximum absolute atomic E-state index is 6.04. The van der Waals surface area contributed by atoms with Crippen LogP contribution in [0.5, 0.6) is 0 Å². The summed E-state index contributed by atoms with van der Waals surface area (Å²) in [5, 5.41) is 0. The Kier molecular flexibility index (Phi) is 13.1. The van der Waals surface area contributed by atoms with Gasteiger partial charge in [-0.3, -0.25) is 0 Å². The van der Waals surface area contributed by atoms with Crippen LogP contribution in [-0.4, -0.2) is 13.2 Å². The monoisotopic (exact) mass is 1160 g/mol. The summed E-state index contributed by atoms with van der Waals surface area (Å²) in [7, 11) is 0. The van der Waals surface area contributed by atoms with E-state index in [1.165, 1.54) is 0 Å². The summed E-state index contributed by atoms with van der Waals surface area (Å²) in [5.41, 5.74) is 2.10. The van der Waals surface area contributed by atoms with E-state index < -0.39 is 0 Å². The molecule has 2 atom stereocenters. The Morgan fingerprint density at radius 2 is 0.621 bits per heavy atom. The molecular weight excluding hydrogens is 1170 g/mol. The molecule has 0 aromatic heterocycles. The third-order valence-corrected chi connectivity index (χ3v) is 17.4. The molecule has 0 aliphatic rings. The molecule has 160 valence electrons. The van der Waals surface area contributed by atoms with Gasteiger partial charge in [-0.2, -0.15) is 0 Å². The molecule has 0 saturated carbocycles. The van der Waals surface area contributed by atoms with Crippen molar-refractivity contribution in [3.8, 4) is 0 Å². The Morgan fingerprint density at radius 1 is 0.414 bits per heavy atom. The topological polar surface area (TPSA) is 9.23 Å². The minimum absolute atomic E-state index is 0.0260. The van der Waals surface area contributed by atoms with Crippen molar-refractivity contribution in [1.82, 2.24) is 0 Å². The van der Waals surface area contributed by atoms with Crippen LogP contribution in [0, 0.1) is 0 Å². The van der Waals surface area contributed by atoms with Gasteiger partial charge in [-0.15, -0.1) is 0 Å². The summed E-state index contributed by atoms with van der Waals surface area (Å²) in [6.45, 7) is 0.960. The highest BCUT2D eigenvalue weighted by atomic mass is 79.9. The molecule has 2 aromatic carbocycles. The van der Waals surface area contributed by atoms with Gasteiger partial charge in [-0.1, -0.05) is 31.9 Å². The fourth-order valence-corrected chi connectivity index (χ4v) is 12.0. The Morgan fingerprint density at radius 3 is 0.862 bits per heavy atom. The van der Waals surface area contributed by atoms with Crippen molar-refractivity contribution >= 4 is 191 Å². The summed E-state index contributed by atoms with van der Waals surface area (Å²) in [6, 6.07) is 0. The highest BCUT2D eigenvalue weighted by molar-refractivity contribution is 9.16. The number of hydrogen-bond donors (Lipinski definition) is 0. The second kappa shape index (κ2) is 12.9. The lowest BCUT2D eigenvalue weighted by molar-refractivity contribution is 0.138. The zero-order valence-electron chi connectivity index (χ0n) is 13.5. The van der Waals surface area contributed by atoms with E-state index in [0.29, 0.717) is 13.2 Å². The summed E-state index contributed by atoms with van der Waals surface area (Å²) >= 11 is 43.7. The molecule has 0 bridgehead atoms. The van der Waals surface area contributed by atoms with Crippen LogP contribution in [-0.2, 0) is 4.74 Å². The maximum atomic E-state index is 6.04. The standard InChI is InChI=1S/C16H6Br12O/c17-3(5-7(19)11(23)15(27)12(24)8(5)20)1-29-2-4(18)6-9(21)13(25)16(28)14(26)10(6)22/h3-4H,1-2H2. The molecule has 29 heavy (non-hydrogen) atoms. The van der Waals surface area contributed by atoms with Crippen molar-refractivity contribution < 1.29 is 4.74 Å². The molecule has 0 radical (unpaired) electrons. The molecule has 1 nitrogen and oxygen atoms in total. The van der Waals surface area contributed by atoms with E-state index in [0.717, 1.165) is 55.9 Å². The minimum atomic E-state index is -0.0260. The molecule has 13 heteroatoms. The molecule has 0 saturated heterocycles. The van der Waals surface area contributed by atoms with Crippen molar-refractivity contribution in [1.29, 1.82) is 0 Å². The first kappa shape index (κ1) is 29.4. The highest BCUT2D eigenvalue weighted by Crippen LogP contribution is 2.50. The zero-order chi connectivity index (χ0) is 22.2. The van der Waals surface area contributed by atoms with Gasteiger partial charge in [-0.25, -0.2) is 0 Å². The van der Waals surface area contributed by atoms with Crippen molar-refractivity contribution in [2.24, 2.45) is 0 Å². The largest absolute Gasteiger partial charge is 0.378 e. The van der Waals surface area contributed by atoms with Crippen molar-refractivity contribution in [2.75, 3.05) is 13.2 Å². The number of alkyl halides is 2. The van der Waals surface area contributed by atoms with Crippen LogP contribution in [0.25, 0.3) is 0 Å². The fourth-order valence-electron chi connectivity index (χ4n) is 2.24. The minimum Gasteiger partial charge on any atom is -0.378 e. The zero-order valence-corrected chi connectivity index (χ0v) is 32.5. The van der Waals surface area contributed by atoms with Crippen LogP contribution in [0.2, 0.25) is 0 Å².